The van der Waals surface area contributed by atoms with E-state index in [1.165, 1.54) is 6.42 Å². The van der Waals surface area contributed by atoms with Gasteiger partial charge in [-0.2, -0.15) is 0 Å². The van der Waals surface area contributed by atoms with E-state index in [4.69, 9.17) is 6.42 Å². The van der Waals surface area contributed by atoms with E-state index in [1.807, 2.05) is 10.8 Å². The summed E-state index contributed by atoms with van der Waals surface area (Å²) in [5.74, 6) is 4.11. The standard InChI is InChI=1S/C10H12NO/c1-2-6-10(9-12)11-7-4-3-5-8-11/h3-8H2. The Morgan fingerprint density at radius 3 is 2.50 bits per heavy atom. The highest BCUT2D eigenvalue weighted by Gasteiger charge is 2.12. The molecule has 1 radical (unpaired) electrons. The minimum Gasteiger partial charge on any atom is -0.365 e. The molecule has 0 N–H and O–H groups in total. The molecular formula is C10H12NO. The summed E-state index contributed by atoms with van der Waals surface area (Å²) in [5.41, 5.74) is 0.588. The molecule has 12 heavy (non-hydrogen) atoms. The van der Waals surface area contributed by atoms with Gasteiger partial charge in [0.2, 0.25) is 0 Å². The molecule has 63 valence electrons. The number of piperidine rings is 1. The molecule has 2 heteroatoms. The average Bonchev–Trinajstić information content (AvgIpc) is 2.15. The van der Waals surface area contributed by atoms with Gasteiger partial charge in [-0.05, 0) is 25.7 Å². The van der Waals surface area contributed by atoms with Crippen molar-refractivity contribution in [2.45, 2.75) is 25.7 Å². The van der Waals surface area contributed by atoms with Crippen LogP contribution in [0.4, 0.5) is 0 Å². The van der Waals surface area contributed by atoms with Crippen LogP contribution in [0, 0.1) is 12.3 Å². The van der Waals surface area contributed by atoms with Crippen molar-refractivity contribution < 1.29 is 4.79 Å². The number of hydrogen-bond donors (Lipinski definition) is 0. The van der Waals surface area contributed by atoms with Crippen molar-refractivity contribution in [1.82, 2.24) is 4.90 Å². The van der Waals surface area contributed by atoms with Crippen LogP contribution in [-0.4, -0.2) is 23.9 Å². The van der Waals surface area contributed by atoms with Gasteiger partial charge in [-0.3, -0.25) is 0 Å². The third-order valence-corrected chi connectivity index (χ3v) is 2.11. The molecular weight excluding hydrogens is 150 g/mol. The van der Waals surface area contributed by atoms with E-state index < -0.39 is 0 Å². The zero-order valence-electron chi connectivity index (χ0n) is 7.10. The Bertz CT molecular complexity index is 227. The van der Waals surface area contributed by atoms with Crippen LogP contribution >= 0.6 is 0 Å². The average molecular weight is 162 g/mol. The molecule has 0 saturated carbocycles. The normalized spacial score (nSPS) is 16.4. The van der Waals surface area contributed by atoms with E-state index in [0.717, 1.165) is 25.9 Å². The van der Waals surface area contributed by atoms with Crippen molar-refractivity contribution >= 4 is 5.94 Å². The quantitative estimate of drug-likeness (QED) is 0.448. The van der Waals surface area contributed by atoms with Crippen LogP contribution in [0.25, 0.3) is 0 Å². The summed E-state index contributed by atoms with van der Waals surface area (Å²) < 4.78 is 0. The van der Waals surface area contributed by atoms with E-state index in [2.05, 4.69) is 5.92 Å². The molecule has 1 aliphatic heterocycles. The molecule has 0 atom stereocenters. The largest absolute Gasteiger partial charge is 0.365 e. The van der Waals surface area contributed by atoms with Crippen molar-refractivity contribution in [1.29, 1.82) is 0 Å². The van der Waals surface area contributed by atoms with Crippen molar-refractivity contribution in [3.63, 3.8) is 0 Å². The molecule has 1 heterocycles. The fraction of sp³-hybridized carbons (Fsp3) is 0.600. The van der Waals surface area contributed by atoms with E-state index >= 15 is 0 Å². The first-order valence-corrected chi connectivity index (χ1v) is 4.27. The molecule has 0 spiro atoms. The van der Waals surface area contributed by atoms with Gasteiger partial charge in [-0.25, -0.2) is 4.79 Å². The Hall–Kier alpha value is -1.19. The van der Waals surface area contributed by atoms with E-state index in [1.54, 1.807) is 0 Å². The Kier molecular flexibility index (Phi) is 3.44. The number of allylic oxidation sites excluding steroid dienone is 1. The molecule has 1 aliphatic rings. The van der Waals surface area contributed by atoms with Crippen molar-refractivity contribution in [2.75, 3.05) is 13.1 Å². The van der Waals surface area contributed by atoms with E-state index in [9.17, 15) is 4.79 Å². The third-order valence-electron chi connectivity index (χ3n) is 2.11. The first-order valence-electron chi connectivity index (χ1n) is 4.27. The first kappa shape index (κ1) is 8.90. The molecule has 1 rings (SSSR count). The van der Waals surface area contributed by atoms with Crippen molar-refractivity contribution in [2.24, 2.45) is 0 Å². The molecule has 1 saturated heterocycles. The van der Waals surface area contributed by atoms with Gasteiger partial charge in [0.25, 0.3) is 0 Å². The summed E-state index contributed by atoms with van der Waals surface area (Å²) in [4.78, 5) is 12.5. The van der Waals surface area contributed by atoms with Gasteiger partial charge in [0, 0.05) is 13.1 Å². The van der Waals surface area contributed by atoms with Gasteiger partial charge in [0.1, 0.15) is 11.6 Å². The van der Waals surface area contributed by atoms with E-state index in [-0.39, 0.29) is 0 Å². The summed E-state index contributed by atoms with van der Waals surface area (Å²) in [5, 5.41) is 0. The molecule has 0 bridgehead atoms. The predicted octanol–water partition coefficient (Wildman–Crippen LogP) is 1.17. The third kappa shape index (κ3) is 2.15. The van der Waals surface area contributed by atoms with Gasteiger partial charge in [-0.15, -0.1) is 0 Å². The van der Waals surface area contributed by atoms with Crippen LogP contribution in [0.15, 0.2) is 5.70 Å². The molecule has 0 amide bonds. The molecule has 0 aliphatic carbocycles. The summed E-state index contributed by atoms with van der Waals surface area (Å²) in [6, 6.07) is 0. The molecule has 0 aromatic heterocycles. The highest BCUT2D eigenvalue weighted by Crippen LogP contribution is 2.14. The minimum atomic E-state index is 0.309. The van der Waals surface area contributed by atoms with Crippen LogP contribution in [-0.2, 0) is 4.79 Å². The smallest absolute Gasteiger partial charge is 0.146 e. The van der Waals surface area contributed by atoms with Gasteiger partial charge in [0.15, 0.2) is 0 Å². The van der Waals surface area contributed by atoms with Crippen LogP contribution in [0.2, 0.25) is 0 Å². The van der Waals surface area contributed by atoms with Crippen LogP contribution < -0.4 is 0 Å². The number of rotatable bonds is 2. The summed E-state index contributed by atoms with van der Waals surface area (Å²) in [6.07, 6.45) is 10.6. The minimum absolute atomic E-state index is 0.309. The van der Waals surface area contributed by atoms with E-state index in [0.29, 0.717) is 12.1 Å². The fourth-order valence-electron chi connectivity index (χ4n) is 1.46. The maximum atomic E-state index is 10.5. The second kappa shape index (κ2) is 4.64. The van der Waals surface area contributed by atoms with Crippen molar-refractivity contribution in [3.05, 3.63) is 12.1 Å². The topological polar surface area (TPSA) is 20.3 Å². The zero-order valence-corrected chi connectivity index (χ0v) is 7.10. The summed E-state index contributed by atoms with van der Waals surface area (Å²) in [6.45, 7) is 1.87. The maximum Gasteiger partial charge on any atom is 0.146 e. The summed E-state index contributed by atoms with van der Waals surface area (Å²) in [7, 11) is 0. The molecule has 0 unspecified atom stereocenters. The Morgan fingerprint density at radius 1 is 1.33 bits per heavy atom. The van der Waals surface area contributed by atoms with Crippen molar-refractivity contribution in [3.8, 4) is 5.92 Å². The number of carbonyl (C=O) groups excluding carboxylic acids is 1. The number of likely N-dealkylation sites (tertiary alicyclic amines) is 1. The lowest BCUT2D eigenvalue weighted by Crippen LogP contribution is -2.29. The monoisotopic (exact) mass is 162 g/mol. The van der Waals surface area contributed by atoms with Gasteiger partial charge in [0.05, 0.1) is 6.42 Å². The second-order valence-electron chi connectivity index (χ2n) is 2.95. The molecule has 0 aromatic rings. The Morgan fingerprint density at radius 2 is 2.00 bits per heavy atom. The number of nitrogens with zero attached hydrogens (tertiary/aromatic N) is 1. The predicted molar refractivity (Wildman–Crippen MR) is 46.4 cm³/mol. The van der Waals surface area contributed by atoms with Gasteiger partial charge >= 0.3 is 0 Å². The molecule has 1 fully saturated rings. The second-order valence-corrected chi connectivity index (χ2v) is 2.95. The van der Waals surface area contributed by atoms with Crippen LogP contribution in [0.1, 0.15) is 25.7 Å². The molecule has 2 nitrogen and oxygen atoms in total. The van der Waals surface area contributed by atoms with Gasteiger partial charge in [-0.1, -0.05) is 5.92 Å². The SMILES string of the molecule is [C]#CCC(=C=O)N1CCCCC1. The van der Waals surface area contributed by atoms with Gasteiger partial charge < -0.3 is 4.90 Å². The van der Waals surface area contributed by atoms with Crippen LogP contribution in [0.5, 0.6) is 0 Å². The van der Waals surface area contributed by atoms with Crippen LogP contribution in [0.3, 0.4) is 0 Å². The number of hydrogen-bond acceptors (Lipinski definition) is 2. The maximum absolute atomic E-state index is 10.5. The summed E-state index contributed by atoms with van der Waals surface area (Å²) >= 11 is 0. The Labute approximate surface area is 73.2 Å². The lowest BCUT2D eigenvalue weighted by Gasteiger charge is -2.27. The Balaban J connectivity index is 2.54. The highest BCUT2D eigenvalue weighted by atomic mass is 16.1. The fourth-order valence-corrected chi connectivity index (χ4v) is 1.46. The molecule has 0 aromatic carbocycles. The zero-order chi connectivity index (χ0) is 8.81. The lowest BCUT2D eigenvalue weighted by molar-refractivity contribution is 0.283. The lowest BCUT2D eigenvalue weighted by atomic mass is 10.1. The first-order chi connectivity index (χ1) is 5.88. The highest BCUT2D eigenvalue weighted by molar-refractivity contribution is 5.52.